The molecule has 0 saturated heterocycles. The second kappa shape index (κ2) is 10.1. The molecular weight excluding hydrogens is 326 g/mol. The lowest BCUT2D eigenvalue weighted by atomic mass is 10.0. The summed E-state index contributed by atoms with van der Waals surface area (Å²) < 4.78 is 5.08. The van der Waals surface area contributed by atoms with E-state index < -0.39 is 6.10 Å². The number of hydrogen-bond donors (Lipinski definition) is 2. The summed E-state index contributed by atoms with van der Waals surface area (Å²) in [7, 11) is 1.60. The van der Waals surface area contributed by atoms with Crippen LogP contribution in [0.2, 0.25) is 0 Å². The molecule has 0 unspecified atom stereocenters. The maximum atomic E-state index is 12.1. The topological polar surface area (TPSA) is 58.6 Å². The monoisotopic (exact) mass is 349 g/mol. The first-order valence-corrected chi connectivity index (χ1v) is 7.75. The van der Waals surface area contributed by atoms with Crippen molar-refractivity contribution < 1.29 is 14.6 Å². The van der Waals surface area contributed by atoms with Crippen molar-refractivity contribution in [3.05, 3.63) is 65.7 Å². The zero-order valence-electron chi connectivity index (χ0n) is 13.9. The van der Waals surface area contributed by atoms with Gasteiger partial charge in [0, 0.05) is 24.6 Å². The van der Waals surface area contributed by atoms with E-state index in [4.69, 9.17) is 4.74 Å². The summed E-state index contributed by atoms with van der Waals surface area (Å²) in [5.41, 5.74) is 1.54. The van der Waals surface area contributed by atoms with Crippen LogP contribution in [0.1, 0.15) is 35.4 Å². The largest absolute Gasteiger partial charge is 0.497 e. The second-order valence-electron chi connectivity index (χ2n) is 5.50. The van der Waals surface area contributed by atoms with Gasteiger partial charge in [-0.25, -0.2) is 0 Å². The van der Waals surface area contributed by atoms with Gasteiger partial charge < -0.3 is 15.2 Å². The first kappa shape index (κ1) is 20.2. The lowest BCUT2D eigenvalue weighted by molar-refractivity contribution is 0.0972. The number of rotatable bonds is 8. The number of methoxy groups -OCH3 is 1. The Morgan fingerprint density at radius 2 is 1.75 bits per heavy atom. The molecule has 0 heterocycles. The maximum Gasteiger partial charge on any atom is 0.164 e. The third-order valence-corrected chi connectivity index (χ3v) is 3.85. The zero-order valence-corrected chi connectivity index (χ0v) is 14.8. The number of ether oxygens (including phenoxy) is 1. The smallest absolute Gasteiger partial charge is 0.164 e. The molecule has 130 valence electrons. The molecule has 0 fully saturated rings. The first-order valence-electron chi connectivity index (χ1n) is 7.75. The summed E-state index contributed by atoms with van der Waals surface area (Å²) in [6.07, 6.45) is -0.203. The molecule has 0 aliphatic carbocycles. The summed E-state index contributed by atoms with van der Waals surface area (Å²) in [6.45, 7) is 2.44. The van der Waals surface area contributed by atoms with Crippen LogP contribution in [0.5, 0.6) is 5.75 Å². The fourth-order valence-corrected chi connectivity index (χ4v) is 2.39. The first-order chi connectivity index (χ1) is 11.1. The number of Topliss-reactive ketones (excluding diaryl/α,β-unsaturated/α-hetero) is 1. The predicted octanol–water partition coefficient (Wildman–Crippen LogP) is 3.40. The van der Waals surface area contributed by atoms with Crippen molar-refractivity contribution in [1.82, 2.24) is 5.32 Å². The molecule has 0 bridgehead atoms. The standard InChI is InChI=1S/C19H23NO3.ClH/c1-14(19(22)16-6-4-3-5-7-16)20-13-12-18(21)15-8-10-17(23-2)11-9-15;/h3-11,14,19-20,22H,12-13H2,1-2H3;1H/t14-,19-;/m1./s1. The zero-order chi connectivity index (χ0) is 16.7. The van der Waals surface area contributed by atoms with Crippen LogP contribution in [0.3, 0.4) is 0 Å². The highest BCUT2D eigenvalue weighted by atomic mass is 35.5. The number of aliphatic hydroxyl groups excluding tert-OH is 1. The van der Waals surface area contributed by atoms with Crippen LogP contribution >= 0.6 is 12.4 Å². The van der Waals surface area contributed by atoms with E-state index in [2.05, 4.69) is 5.32 Å². The Morgan fingerprint density at radius 1 is 1.12 bits per heavy atom. The number of benzene rings is 2. The van der Waals surface area contributed by atoms with Gasteiger partial charge in [0.15, 0.2) is 5.78 Å². The minimum atomic E-state index is -0.590. The van der Waals surface area contributed by atoms with Gasteiger partial charge in [-0.2, -0.15) is 0 Å². The van der Waals surface area contributed by atoms with Crippen molar-refractivity contribution in [1.29, 1.82) is 0 Å². The quantitative estimate of drug-likeness (QED) is 0.717. The van der Waals surface area contributed by atoms with Crippen molar-refractivity contribution in [2.24, 2.45) is 0 Å². The van der Waals surface area contributed by atoms with Crippen LogP contribution < -0.4 is 10.1 Å². The fourth-order valence-electron chi connectivity index (χ4n) is 2.39. The van der Waals surface area contributed by atoms with Gasteiger partial charge in [-0.1, -0.05) is 30.3 Å². The van der Waals surface area contributed by atoms with Crippen molar-refractivity contribution in [2.45, 2.75) is 25.5 Å². The van der Waals surface area contributed by atoms with Crippen LogP contribution in [0.25, 0.3) is 0 Å². The summed E-state index contributed by atoms with van der Waals surface area (Å²) in [5.74, 6) is 0.806. The average molecular weight is 350 g/mol. The number of carbonyl (C=O) groups is 1. The van der Waals surface area contributed by atoms with Crippen molar-refractivity contribution >= 4 is 18.2 Å². The highest BCUT2D eigenvalue weighted by Crippen LogP contribution is 2.16. The highest BCUT2D eigenvalue weighted by Gasteiger charge is 2.16. The van der Waals surface area contributed by atoms with Gasteiger partial charge in [0.05, 0.1) is 13.2 Å². The van der Waals surface area contributed by atoms with Gasteiger partial charge in [-0.05, 0) is 36.8 Å². The maximum absolute atomic E-state index is 12.1. The third-order valence-electron chi connectivity index (χ3n) is 3.85. The van der Waals surface area contributed by atoms with E-state index >= 15 is 0 Å². The normalized spacial score (nSPS) is 12.8. The minimum Gasteiger partial charge on any atom is -0.497 e. The molecule has 0 radical (unpaired) electrons. The van der Waals surface area contributed by atoms with Crippen LogP contribution in [0.15, 0.2) is 54.6 Å². The molecule has 2 aromatic rings. The summed E-state index contributed by atoms with van der Waals surface area (Å²) in [5, 5.41) is 13.5. The van der Waals surface area contributed by atoms with Crippen LogP contribution in [-0.2, 0) is 0 Å². The van der Waals surface area contributed by atoms with E-state index in [0.717, 1.165) is 11.3 Å². The summed E-state index contributed by atoms with van der Waals surface area (Å²) >= 11 is 0. The number of aliphatic hydroxyl groups is 1. The van der Waals surface area contributed by atoms with Crippen molar-refractivity contribution in [3.8, 4) is 5.75 Å². The molecular formula is C19H24ClNO3. The molecule has 0 aliphatic rings. The predicted molar refractivity (Wildman–Crippen MR) is 98.1 cm³/mol. The molecule has 0 spiro atoms. The molecule has 5 heteroatoms. The number of halogens is 1. The molecule has 2 N–H and O–H groups in total. The van der Waals surface area contributed by atoms with E-state index in [1.165, 1.54) is 0 Å². The summed E-state index contributed by atoms with van der Waals surface area (Å²) in [4.78, 5) is 12.1. The highest BCUT2D eigenvalue weighted by molar-refractivity contribution is 5.96. The van der Waals surface area contributed by atoms with E-state index in [1.807, 2.05) is 37.3 Å². The van der Waals surface area contributed by atoms with Crippen molar-refractivity contribution in [3.63, 3.8) is 0 Å². The van der Waals surface area contributed by atoms with Gasteiger partial charge in [0.25, 0.3) is 0 Å². The minimum absolute atomic E-state index is 0. The number of nitrogens with one attached hydrogen (secondary N) is 1. The van der Waals surface area contributed by atoms with Gasteiger partial charge in [0.1, 0.15) is 5.75 Å². The lowest BCUT2D eigenvalue weighted by Crippen LogP contribution is -2.33. The SMILES string of the molecule is COc1ccc(C(=O)CCN[C@H](C)[C@@H](O)c2ccccc2)cc1.Cl. The third kappa shape index (κ3) is 5.64. The number of carbonyl (C=O) groups excluding carboxylic acids is 1. The second-order valence-corrected chi connectivity index (χ2v) is 5.50. The molecule has 0 aliphatic heterocycles. The number of hydrogen-bond acceptors (Lipinski definition) is 4. The molecule has 0 aromatic heterocycles. The van der Waals surface area contributed by atoms with Gasteiger partial charge in [0.2, 0.25) is 0 Å². The molecule has 0 saturated carbocycles. The Bertz CT molecular complexity index is 616. The molecule has 24 heavy (non-hydrogen) atoms. The van der Waals surface area contributed by atoms with Gasteiger partial charge in [-0.3, -0.25) is 4.79 Å². The Kier molecular flexibility index (Phi) is 8.47. The molecule has 4 nitrogen and oxygen atoms in total. The van der Waals surface area contributed by atoms with E-state index in [1.54, 1.807) is 31.4 Å². The van der Waals surface area contributed by atoms with E-state index in [9.17, 15) is 9.90 Å². The molecule has 2 rings (SSSR count). The van der Waals surface area contributed by atoms with Crippen LogP contribution in [0.4, 0.5) is 0 Å². The van der Waals surface area contributed by atoms with E-state index in [0.29, 0.717) is 18.5 Å². The number of ketones is 1. The van der Waals surface area contributed by atoms with Gasteiger partial charge >= 0.3 is 0 Å². The molecule has 2 atom stereocenters. The fraction of sp³-hybridized carbons (Fsp3) is 0.316. The summed E-state index contributed by atoms with van der Waals surface area (Å²) in [6, 6.07) is 16.5. The molecule has 2 aromatic carbocycles. The van der Waals surface area contributed by atoms with Crippen molar-refractivity contribution in [2.75, 3.05) is 13.7 Å². The average Bonchev–Trinajstić information content (AvgIpc) is 2.61. The Balaban J connectivity index is 0.00000288. The van der Waals surface area contributed by atoms with Crippen LogP contribution in [-0.4, -0.2) is 30.6 Å². The Hall–Kier alpha value is -1.88. The van der Waals surface area contributed by atoms with Crippen LogP contribution in [0, 0.1) is 0 Å². The molecule has 0 amide bonds. The Labute approximate surface area is 149 Å². The Morgan fingerprint density at radius 3 is 2.33 bits per heavy atom. The van der Waals surface area contributed by atoms with Gasteiger partial charge in [-0.15, -0.1) is 12.4 Å². The van der Waals surface area contributed by atoms with E-state index in [-0.39, 0.29) is 24.2 Å². The lowest BCUT2D eigenvalue weighted by Gasteiger charge is -2.20.